The third-order valence-electron chi connectivity index (χ3n) is 3.19. The van der Waals surface area contributed by atoms with E-state index in [2.05, 4.69) is 5.32 Å². The molecule has 98 valence electrons. The van der Waals surface area contributed by atoms with Crippen molar-refractivity contribution in [1.29, 1.82) is 0 Å². The number of amides is 1. The standard InChI is InChI=1S/C14H19NO3/c16-13-6-2-1-5-12(13)8-14(17)15-9-11-4-3-7-18-10-11/h1-2,5-6,11,16H,3-4,7-10H2,(H,15,17). The number of phenolic OH excluding ortho intramolecular Hbond substituents is 1. The highest BCUT2D eigenvalue weighted by Crippen LogP contribution is 2.16. The number of ether oxygens (including phenoxy) is 1. The van der Waals surface area contributed by atoms with Crippen LogP contribution in [0.25, 0.3) is 0 Å². The van der Waals surface area contributed by atoms with Crippen molar-refractivity contribution in [1.82, 2.24) is 5.32 Å². The van der Waals surface area contributed by atoms with Crippen LogP contribution in [0.4, 0.5) is 0 Å². The molecule has 1 aliphatic rings. The molecule has 0 aromatic heterocycles. The second kappa shape index (κ2) is 6.40. The first kappa shape index (κ1) is 12.9. The van der Waals surface area contributed by atoms with Gasteiger partial charge in [-0.1, -0.05) is 18.2 Å². The lowest BCUT2D eigenvalue weighted by molar-refractivity contribution is -0.120. The van der Waals surface area contributed by atoms with Crippen LogP contribution >= 0.6 is 0 Å². The van der Waals surface area contributed by atoms with E-state index in [-0.39, 0.29) is 18.1 Å². The van der Waals surface area contributed by atoms with Crippen LogP contribution in [0.1, 0.15) is 18.4 Å². The Balaban J connectivity index is 1.76. The Morgan fingerprint density at radius 2 is 2.28 bits per heavy atom. The second-order valence-electron chi connectivity index (χ2n) is 4.69. The maximum Gasteiger partial charge on any atom is 0.224 e. The molecule has 1 heterocycles. The predicted molar refractivity (Wildman–Crippen MR) is 68.4 cm³/mol. The number of benzene rings is 1. The SMILES string of the molecule is O=C(Cc1ccccc1O)NCC1CCCOC1. The molecule has 4 nitrogen and oxygen atoms in total. The lowest BCUT2D eigenvalue weighted by Crippen LogP contribution is -2.34. The van der Waals surface area contributed by atoms with Crippen LogP contribution in [0.5, 0.6) is 5.75 Å². The van der Waals surface area contributed by atoms with Gasteiger partial charge in [0.2, 0.25) is 5.91 Å². The summed E-state index contributed by atoms with van der Waals surface area (Å²) < 4.78 is 5.36. The van der Waals surface area contributed by atoms with E-state index in [0.29, 0.717) is 18.0 Å². The molecule has 4 heteroatoms. The van der Waals surface area contributed by atoms with Crippen LogP contribution in [0.15, 0.2) is 24.3 Å². The molecule has 1 fully saturated rings. The summed E-state index contributed by atoms with van der Waals surface area (Å²) in [5, 5.41) is 12.5. The molecule has 1 saturated heterocycles. The molecule has 0 saturated carbocycles. The highest BCUT2D eigenvalue weighted by molar-refractivity contribution is 5.79. The first-order valence-electron chi connectivity index (χ1n) is 6.37. The zero-order chi connectivity index (χ0) is 12.8. The van der Waals surface area contributed by atoms with E-state index in [1.165, 1.54) is 0 Å². The molecule has 1 unspecified atom stereocenters. The lowest BCUT2D eigenvalue weighted by atomic mass is 10.0. The van der Waals surface area contributed by atoms with E-state index in [1.54, 1.807) is 18.2 Å². The summed E-state index contributed by atoms with van der Waals surface area (Å²) in [6.07, 6.45) is 2.40. The summed E-state index contributed by atoms with van der Waals surface area (Å²) >= 11 is 0. The van der Waals surface area contributed by atoms with Gasteiger partial charge in [-0.05, 0) is 24.8 Å². The summed E-state index contributed by atoms with van der Waals surface area (Å²) in [5.41, 5.74) is 0.662. The molecule has 0 spiro atoms. The van der Waals surface area contributed by atoms with Gasteiger partial charge >= 0.3 is 0 Å². The second-order valence-corrected chi connectivity index (χ2v) is 4.69. The molecule has 1 amide bonds. The molecule has 0 radical (unpaired) electrons. The van der Waals surface area contributed by atoms with Crippen molar-refractivity contribution in [3.63, 3.8) is 0 Å². The number of hydrogen-bond donors (Lipinski definition) is 2. The van der Waals surface area contributed by atoms with Gasteiger partial charge in [0.05, 0.1) is 13.0 Å². The minimum atomic E-state index is -0.0536. The number of carbonyl (C=O) groups is 1. The van der Waals surface area contributed by atoms with E-state index in [4.69, 9.17) is 4.74 Å². The highest BCUT2D eigenvalue weighted by Gasteiger charge is 2.15. The Kier molecular flexibility index (Phi) is 4.59. The molecular formula is C14H19NO3. The average Bonchev–Trinajstić information content (AvgIpc) is 2.40. The van der Waals surface area contributed by atoms with Gasteiger partial charge in [-0.3, -0.25) is 4.79 Å². The Labute approximate surface area is 107 Å². The van der Waals surface area contributed by atoms with Crippen molar-refractivity contribution in [3.05, 3.63) is 29.8 Å². The predicted octanol–water partition coefficient (Wildman–Crippen LogP) is 1.48. The fourth-order valence-corrected chi connectivity index (χ4v) is 2.12. The Morgan fingerprint density at radius 3 is 3.00 bits per heavy atom. The Bertz CT molecular complexity index is 400. The summed E-state index contributed by atoms with van der Waals surface area (Å²) in [4.78, 5) is 11.7. The van der Waals surface area contributed by atoms with Crippen LogP contribution in [0, 0.1) is 5.92 Å². The van der Waals surface area contributed by atoms with Crippen LogP contribution in [-0.4, -0.2) is 30.8 Å². The molecule has 2 N–H and O–H groups in total. The van der Waals surface area contributed by atoms with E-state index < -0.39 is 0 Å². The minimum Gasteiger partial charge on any atom is -0.508 e. The van der Waals surface area contributed by atoms with Gasteiger partial charge in [0, 0.05) is 18.7 Å². The van der Waals surface area contributed by atoms with Crippen LogP contribution < -0.4 is 5.32 Å². The van der Waals surface area contributed by atoms with Crippen LogP contribution in [0.3, 0.4) is 0 Å². The molecule has 1 aliphatic heterocycles. The van der Waals surface area contributed by atoms with Gasteiger partial charge in [0.25, 0.3) is 0 Å². The van der Waals surface area contributed by atoms with Gasteiger partial charge in [-0.2, -0.15) is 0 Å². The van der Waals surface area contributed by atoms with E-state index in [9.17, 15) is 9.90 Å². The van der Waals surface area contributed by atoms with E-state index >= 15 is 0 Å². The normalized spacial score (nSPS) is 19.4. The molecular weight excluding hydrogens is 230 g/mol. The van der Waals surface area contributed by atoms with Crippen LogP contribution in [-0.2, 0) is 16.0 Å². The fraction of sp³-hybridized carbons (Fsp3) is 0.500. The van der Waals surface area contributed by atoms with Gasteiger partial charge < -0.3 is 15.2 Å². The van der Waals surface area contributed by atoms with Crippen molar-refractivity contribution in [2.75, 3.05) is 19.8 Å². The maximum absolute atomic E-state index is 11.7. The lowest BCUT2D eigenvalue weighted by Gasteiger charge is -2.22. The minimum absolute atomic E-state index is 0.0536. The maximum atomic E-state index is 11.7. The fourth-order valence-electron chi connectivity index (χ4n) is 2.12. The third kappa shape index (κ3) is 3.74. The van der Waals surface area contributed by atoms with Crippen molar-refractivity contribution < 1.29 is 14.6 Å². The highest BCUT2D eigenvalue weighted by atomic mass is 16.5. The van der Waals surface area contributed by atoms with Crippen molar-refractivity contribution in [2.24, 2.45) is 5.92 Å². The van der Waals surface area contributed by atoms with Gasteiger partial charge in [-0.25, -0.2) is 0 Å². The zero-order valence-electron chi connectivity index (χ0n) is 10.4. The summed E-state index contributed by atoms with van der Waals surface area (Å²) in [7, 11) is 0. The van der Waals surface area contributed by atoms with E-state index in [0.717, 1.165) is 26.1 Å². The topological polar surface area (TPSA) is 58.6 Å². The molecule has 0 bridgehead atoms. The smallest absolute Gasteiger partial charge is 0.224 e. The first-order chi connectivity index (χ1) is 8.75. The summed E-state index contributed by atoms with van der Waals surface area (Å²) in [5.74, 6) is 0.544. The van der Waals surface area contributed by atoms with Gasteiger partial charge in [-0.15, -0.1) is 0 Å². The zero-order valence-corrected chi connectivity index (χ0v) is 10.4. The molecule has 0 aliphatic carbocycles. The number of para-hydroxylation sites is 1. The Hall–Kier alpha value is -1.55. The molecule has 1 aromatic rings. The number of carbonyl (C=O) groups excluding carboxylic acids is 1. The van der Waals surface area contributed by atoms with Crippen molar-refractivity contribution in [2.45, 2.75) is 19.3 Å². The molecule has 2 rings (SSSR count). The van der Waals surface area contributed by atoms with Crippen molar-refractivity contribution >= 4 is 5.91 Å². The summed E-state index contributed by atoms with van der Waals surface area (Å²) in [6, 6.07) is 6.92. The average molecular weight is 249 g/mol. The number of aromatic hydroxyl groups is 1. The first-order valence-corrected chi connectivity index (χ1v) is 6.37. The van der Waals surface area contributed by atoms with Gasteiger partial charge in [0.1, 0.15) is 5.75 Å². The monoisotopic (exact) mass is 249 g/mol. The molecule has 1 atom stereocenters. The van der Waals surface area contributed by atoms with E-state index in [1.807, 2.05) is 6.07 Å². The van der Waals surface area contributed by atoms with Crippen LogP contribution in [0.2, 0.25) is 0 Å². The summed E-state index contributed by atoms with van der Waals surface area (Å²) in [6.45, 7) is 2.23. The Morgan fingerprint density at radius 1 is 1.44 bits per heavy atom. The van der Waals surface area contributed by atoms with Crippen molar-refractivity contribution in [3.8, 4) is 5.75 Å². The number of rotatable bonds is 4. The van der Waals surface area contributed by atoms with Gasteiger partial charge in [0.15, 0.2) is 0 Å². The molecule has 18 heavy (non-hydrogen) atoms. The number of phenols is 1. The number of hydrogen-bond acceptors (Lipinski definition) is 3. The quantitative estimate of drug-likeness (QED) is 0.849. The molecule has 1 aromatic carbocycles. The largest absolute Gasteiger partial charge is 0.508 e. The third-order valence-corrected chi connectivity index (χ3v) is 3.19. The number of nitrogens with one attached hydrogen (secondary N) is 1.